The standard InChI is InChI=1S/C34H29ClN6O8S2.2Na/c35-21-5-1-20(2-6-21)32-39-22(17-50-32)18-51-33-25(16-37)30(24(15-36)31(38)41-33)19-3-7-23(8-4-19)48-13-14-49-29(45)12-9-26(34(46)47)40-27(42)10-11-28(43)44;;/h1-8,17,26H,9-14,18H2,(H2,38,41)(H,40,42)(H,43,44)(H,46,47);;/t26-;;/m0../s1. The van der Waals surface area contributed by atoms with Crippen LogP contribution in [0, 0.1) is 22.7 Å². The van der Waals surface area contributed by atoms with Crippen LogP contribution in [0.5, 0.6) is 5.75 Å². The Morgan fingerprint density at radius 2 is 1.58 bits per heavy atom. The Kier molecular flexibility index (Phi) is 19.3. The van der Waals surface area contributed by atoms with Crippen molar-refractivity contribution in [2.24, 2.45) is 0 Å². The topological polar surface area (TPSA) is 239 Å². The first-order valence-electron chi connectivity index (χ1n) is 15.1. The summed E-state index contributed by atoms with van der Waals surface area (Å²) >= 11 is 8.75. The summed E-state index contributed by atoms with van der Waals surface area (Å²) in [7, 11) is 0. The average molecular weight is 795 g/mol. The molecule has 0 fully saturated rings. The number of hydrogen-bond donors (Lipinski definition) is 4. The number of carbonyl (C=O) groups is 4. The molecule has 14 nitrogen and oxygen atoms in total. The number of aliphatic carboxylic acids is 2. The number of anilines is 1. The van der Waals surface area contributed by atoms with Crippen LogP contribution in [0.3, 0.4) is 0 Å². The predicted molar refractivity (Wildman–Crippen MR) is 199 cm³/mol. The molecule has 0 saturated carbocycles. The third kappa shape index (κ3) is 13.6. The van der Waals surface area contributed by atoms with E-state index in [9.17, 15) is 34.8 Å². The van der Waals surface area contributed by atoms with Crippen LogP contribution in [0.4, 0.5) is 5.82 Å². The Morgan fingerprint density at radius 3 is 2.21 bits per heavy atom. The number of nitrogens with two attached hydrogens (primary N) is 1. The van der Waals surface area contributed by atoms with Gasteiger partial charge in [0.05, 0.1) is 17.7 Å². The molecule has 2 aromatic heterocycles. The number of carboxylic acids is 2. The number of pyridine rings is 1. The van der Waals surface area contributed by atoms with Gasteiger partial charge in [-0.05, 0) is 36.2 Å². The minimum absolute atomic E-state index is 0. The first-order valence-corrected chi connectivity index (χ1v) is 17.3. The van der Waals surface area contributed by atoms with E-state index in [2.05, 4.69) is 27.4 Å². The second kappa shape index (κ2) is 22.5. The Hall–Kier alpha value is -3.68. The number of rotatable bonds is 17. The number of thioether (sulfide) groups is 1. The molecule has 2 radical (unpaired) electrons. The molecule has 1 amide bonds. The third-order valence-electron chi connectivity index (χ3n) is 7.01. The van der Waals surface area contributed by atoms with Crippen molar-refractivity contribution in [2.45, 2.75) is 42.5 Å². The molecule has 5 N–H and O–H groups in total. The summed E-state index contributed by atoms with van der Waals surface area (Å²) < 4.78 is 10.7. The first kappa shape index (κ1) is 45.5. The van der Waals surface area contributed by atoms with E-state index < -0.39 is 36.3 Å². The Morgan fingerprint density at radius 1 is 0.925 bits per heavy atom. The fraction of sp³-hybridized carbons (Fsp3) is 0.235. The zero-order valence-corrected chi connectivity index (χ0v) is 35.0. The van der Waals surface area contributed by atoms with Gasteiger partial charge in [-0.25, -0.2) is 14.8 Å². The van der Waals surface area contributed by atoms with Gasteiger partial charge in [-0.2, -0.15) is 10.5 Å². The molecule has 19 heteroatoms. The van der Waals surface area contributed by atoms with E-state index in [4.69, 9.17) is 31.9 Å². The molecular formula is C34H29ClN6Na2O8S2. The van der Waals surface area contributed by atoms with Gasteiger partial charge in [0.2, 0.25) is 5.91 Å². The SMILES string of the molecule is N#Cc1c(N)nc(SCc2csc(-c3ccc(Cl)cc3)n2)c(C#N)c1-c1ccc(OCCOC(=O)CC[C@H](NC(=O)CCC(=O)O)C(=O)O)cc1.[Na].[Na]. The number of nitriles is 2. The van der Waals surface area contributed by atoms with Crippen LogP contribution in [-0.2, 0) is 29.7 Å². The number of ether oxygens (including phenoxy) is 2. The average Bonchev–Trinajstić information content (AvgIpc) is 3.59. The summed E-state index contributed by atoms with van der Waals surface area (Å²) in [5, 5.41) is 43.9. The molecule has 0 saturated heterocycles. The number of aromatic nitrogens is 2. The normalized spacial score (nSPS) is 10.7. The number of thiazole rings is 1. The molecule has 2 aromatic carbocycles. The molecule has 0 bridgehead atoms. The monoisotopic (exact) mass is 794 g/mol. The Balaban J connectivity index is 0.00000486. The molecule has 0 aliphatic heterocycles. The number of carboxylic acid groups (broad SMARTS) is 2. The maximum absolute atomic E-state index is 12.1. The number of esters is 1. The fourth-order valence-corrected chi connectivity index (χ4v) is 6.49. The summed E-state index contributed by atoms with van der Waals surface area (Å²) in [5.74, 6) is -3.26. The van der Waals surface area contributed by atoms with Crippen LogP contribution in [-0.4, -0.2) is 122 Å². The van der Waals surface area contributed by atoms with Crippen LogP contribution in [0.25, 0.3) is 21.7 Å². The zero-order chi connectivity index (χ0) is 36.9. The number of hydrogen-bond acceptors (Lipinski definition) is 13. The third-order valence-corrected chi connectivity index (χ3v) is 9.21. The molecule has 4 aromatic rings. The van der Waals surface area contributed by atoms with E-state index in [0.29, 0.717) is 32.7 Å². The van der Waals surface area contributed by atoms with Gasteiger partial charge in [-0.3, -0.25) is 14.4 Å². The van der Waals surface area contributed by atoms with Gasteiger partial charge in [0.1, 0.15) is 58.6 Å². The molecule has 264 valence electrons. The van der Waals surface area contributed by atoms with E-state index in [1.807, 2.05) is 17.5 Å². The summed E-state index contributed by atoms with van der Waals surface area (Å²) in [6, 6.07) is 16.7. The van der Waals surface area contributed by atoms with Crippen LogP contribution < -0.4 is 15.8 Å². The molecule has 1 atom stereocenters. The number of nitrogens with one attached hydrogen (secondary N) is 1. The summed E-state index contributed by atoms with van der Waals surface area (Å²) in [6.45, 7) is -0.187. The van der Waals surface area contributed by atoms with Crippen molar-refractivity contribution < 1.29 is 38.9 Å². The van der Waals surface area contributed by atoms with Crippen LogP contribution in [0.1, 0.15) is 42.5 Å². The smallest absolute Gasteiger partial charge is 0.326 e. The van der Waals surface area contributed by atoms with E-state index >= 15 is 0 Å². The Bertz CT molecular complexity index is 2000. The van der Waals surface area contributed by atoms with Gasteiger partial charge in [0, 0.05) is 99.2 Å². The second-order valence-electron chi connectivity index (χ2n) is 10.6. The quantitative estimate of drug-likeness (QED) is 0.0498. The van der Waals surface area contributed by atoms with Gasteiger partial charge in [-0.1, -0.05) is 47.6 Å². The van der Waals surface area contributed by atoms with Crippen molar-refractivity contribution in [3.63, 3.8) is 0 Å². The molecule has 0 aliphatic rings. The van der Waals surface area contributed by atoms with E-state index in [-0.39, 0.29) is 109 Å². The second-order valence-corrected chi connectivity index (χ2v) is 12.8. The summed E-state index contributed by atoms with van der Waals surface area (Å²) in [6.07, 6.45) is -1.40. The number of halogens is 1. The molecule has 0 spiro atoms. The number of nitrogen functional groups attached to an aromatic ring is 1. The van der Waals surface area contributed by atoms with E-state index in [0.717, 1.165) is 16.3 Å². The van der Waals surface area contributed by atoms with Crippen LogP contribution >= 0.6 is 34.7 Å². The van der Waals surface area contributed by atoms with Crippen molar-refractivity contribution in [2.75, 3.05) is 18.9 Å². The maximum Gasteiger partial charge on any atom is 0.326 e. The largest absolute Gasteiger partial charge is 0.490 e. The Labute approximate surface area is 361 Å². The van der Waals surface area contributed by atoms with E-state index in [1.165, 1.54) is 23.1 Å². The number of amides is 1. The predicted octanol–water partition coefficient (Wildman–Crippen LogP) is 4.52. The van der Waals surface area contributed by atoms with Crippen molar-refractivity contribution in [1.82, 2.24) is 15.3 Å². The van der Waals surface area contributed by atoms with Crippen molar-refractivity contribution in [3.8, 4) is 39.6 Å². The fourth-order valence-electron chi connectivity index (χ4n) is 4.54. The number of nitrogens with zero attached hydrogens (tertiary/aromatic N) is 4. The minimum Gasteiger partial charge on any atom is -0.490 e. The summed E-state index contributed by atoms with van der Waals surface area (Å²) in [5.41, 5.74) is 8.97. The minimum atomic E-state index is -1.38. The van der Waals surface area contributed by atoms with Gasteiger partial charge >= 0.3 is 17.9 Å². The molecule has 2 heterocycles. The molecule has 4 rings (SSSR count). The molecule has 53 heavy (non-hydrogen) atoms. The number of carbonyl (C=O) groups excluding carboxylic acids is 2. The van der Waals surface area contributed by atoms with Gasteiger partial charge in [0.15, 0.2) is 0 Å². The summed E-state index contributed by atoms with van der Waals surface area (Å²) in [4.78, 5) is 54.9. The van der Waals surface area contributed by atoms with Crippen LogP contribution in [0.15, 0.2) is 58.9 Å². The van der Waals surface area contributed by atoms with E-state index in [1.54, 1.807) is 36.4 Å². The van der Waals surface area contributed by atoms with Gasteiger partial charge in [0.25, 0.3) is 0 Å². The number of benzene rings is 2. The molecule has 0 aliphatic carbocycles. The zero-order valence-electron chi connectivity index (χ0n) is 28.6. The first-order chi connectivity index (χ1) is 24.5. The van der Waals surface area contributed by atoms with Crippen molar-refractivity contribution >= 4 is 123 Å². The maximum atomic E-state index is 12.1. The van der Waals surface area contributed by atoms with Gasteiger partial charge in [-0.15, -0.1) is 11.3 Å². The molecular weight excluding hydrogens is 766 g/mol. The molecule has 0 unspecified atom stereocenters. The van der Waals surface area contributed by atoms with Crippen LogP contribution in [0.2, 0.25) is 5.02 Å². The van der Waals surface area contributed by atoms with Crippen molar-refractivity contribution in [1.29, 1.82) is 10.5 Å². The van der Waals surface area contributed by atoms with Gasteiger partial charge < -0.3 is 30.7 Å². The van der Waals surface area contributed by atoms with Crippen molar-refractivity contribution in [3.05, 3.63) is 75.8 Å².